The number of rotatable bonds is 5. The Hall–Kier alpha value is -1.33. The van der Waals surface area contributed by atoms with Crippen molar-refractivity contribution < 1.29 is 13.2 Å². The quantitative estimate of drug-likeness (QED) is 0.797. The van der Waals surface area contributed by atoms with E-state index in [2.05, 4.69) is 21.2 Å². The second-order valence-electron chi connectivity index (χ2n) is 4.69. The third-order valence-corrected chi connectivity index (χ3v) is 3.88. The molecular weight excluding hydrogens is 343 g/mol. The van der Waals surface area contributed by atoms with Gasteiger partial charge in [0.05, 0.1) is 6.04 Å². The number of hydrogen-bond donors (Lipinski definition) is 1. The SMILES string of the molecule is CCCNC(c1cc(F)ccc1Br)c1c(F)cccc1F. The molecule has 0 heterocycles. The van der Waals surface area contributed by atoms with Crippen molar-refractivity contribution in [1.29, 1.82) is 0 Å². The topological polar surface area (TPSA) is 12.0 Å². The Kier molecular flexibility index (Phi) is 5.42. The fraction of sp³-hybridized carbons (Fsp3) is 0.250. The van der Waals surface area contributed by atoms with Crippen LogP contribution >= 0.6 is 15.9 Å². The van der Waals surface area contributed by atoms with Crippen molar-refractivity contribution in [1.82, 2.24) is 5.32 Å². The van der Waals surface area contributed by atoms with Gasteiger partial charge in [-0.25, -0.2) is 13.2 Å². The Balaban J connectivity index is 2.55. The molecule has 112 valence electrons. The minimum Gasteiger partial charge on any atom is -0.306 e. The highest BCUT2D eigenvalue weighted by atomic mass is 79.9. The Morgan fingerprint density at radius 1 is 1.10 bits per heavy atom. The second-order valence-corrected chi connectivity index (χ2v) is 5.54. The lowest BCUT2D eigenvalue weighted by molar-refractivity contribution is 0.500. The van der Waals surface area contributed by atoms with Gasteiger partial charge in [-0.15, -0.1) is 0 Å². The van der Waals surface area contributed by atoms with Gasteiger partial charge in [-0.1, -0.05) is 28.9 Å². The average molecular weight is 358 g/mol. The van der Waals surface area contributed by atoms with Crippen LogP contribution in [0.5, 0.6) is 0 Å². The highest BCUT2D eigenvalue weighted by molar-refractivity contribution is 9.10. The summed E-state index contributed by atoms with van der Waals surface area (Å²) < 4.78 is 42.2. The van der Waals surface area contributed by atoms with Gasteiger partial charge in [0.2, 0.25) is 0 Å². The Morgan fingerprint density at radius 2 is 1.76 bits per heavy atom. The molecule has 1 unspecified atom stereocenters. The summed E-state index contributed by atoms with van der Waals surface area (Å²) in [5, 5.41) is 3.08. The first-order valence-electron chi connectivity index (χ1n) is 6.66. The van der Waals surface area contributed by atoms with E-state index in [-0.39, 0.29) is 5.56 Å². The normalized spacial score (nSPS) is 12.4. The zero-order valence-corrected chi connectivity index (χ0v) is 13.1. The molecule has 2 aromatic rings. The molecular formula is C16H15BrF3N. The van der Waals surface area contributed by atoms with Gasteiger partial charge in [0, 0.05) is 10.0 Å². The number of nitrogens with one attached hydrogen (secondary N) is 1. The van der Waals surface area contributed by atoms with Crippen molar-refractivity contribution >= 4 is 15.9 Å². The van der Waals surface area contributed by atoms with Gasteiger partial charge in [0.15, 0.2) is 0 Å². The molecule has 0 amide bonds. The zero-order valence-electron chi connectivity index (χ0n) is 11.5. The first-order valence-corrected chi connectivity index (χ1v) is 7.46. The molecule has 0 aliphatic rings. The minimum absolute atomic E-state index is 0.0998. The molecule has 0 spiro atoms. The first kappa shape index (κ1) is 16.0. The van der Waals surface area contributed by atoms with E-state index in [0.717, 1.165) is 6.42 Å². The number of hydrogen-bond acceptors (Lipinski definition) is 1. The van der Waals surface area contributed by atoms with Gasteiger partial charge in [0.1, 0.15) is 17.5 Å². The Labute approximate surface area is 130 Å². The van der Waals surface area contributed by atoms with Gasteiger partial charge in [-0.2, -0.15) is 0 Å². The molecule has 0 bridgehead atoms. The zero-order chi connectivity index (χ0) is 15.4. The number of halogens is 4. The van der Waals surface area contributed by atoms with E-state index in [1.807, 2.05) is 6.92 Å². The Bertz CT molecular complexity index is 611. The summed E-state index contributed by atoms with van der Waals surface area (Å²) in [4.78, 5) is 0. The van der Waals surface area contributed by atoms with E-state index in [1.54, 1.807) is 0 Å². The fourth-order valence-electron chi connectivity index (χ4n) is 2.18. The van der Waals surface area contributed by atoms with Crippen LogP contribution in [0.3, 0.4) is 0 Å². The van der Waals surface area contributed by atoms with Crippen molar-refractivity contribution in [2.75, 3.05) is 6.54 Å². The molecule has 0 radical (unpaired) electrons. The molecule has 0 aromatic heterocycles. The fourth-order valence-corrected chi connectivity index (χ4v) is 2.65. The van der Waals surface area contributed by atoms with Crippen LogP contribution in [-0.2, 0) is 0 Å². The maximum absolute atomic E-state index is 14.1. The van der Waals surface area contributed by atoms with E-state index in [1.165, 1.54) is 36.4 Å². The van der Waals surface area contributed by atoms with Crippen molar-refractivity contribution in [2.24, 2.45) is 0 Å². The van der Waals surface area contributed by atoms with Gasteiger partial charge in [-0.3, -0.25) is 0 Å². The van der Waals surface area contributed by atoms with E-state index in [9.17, 15) is 13.2 Å². The highest BCUT2D eigenvalue weighted by Gasteiger charge is 2.23. The van der Waals surface area contributed by atoms with Crippen molar-refractivity contribution in [3.05, 3.63) is 69.4 Å². The van der Waals surface area contributed by atoms with Crippen LogP contribution in [0.2, 0.25) is 0 Å². The van der Waals surface area contributed by atoms with Gasteiger partial charge in [0.25, 0.3) is 0 Å². The molecule has 2 aromatic carbocycles. The monoisotopic (exact) mass is 357 g/mol. The second kappa shape index (κ2) is 7.09. The van der Waals surface area contributed by atoms with Gasteiger partial charge >= 0.3 is 0 Å². The lowest BCUT2D eigenvalue weighted by Gasteiger charge is -2.22. The molecule has 1 nitrogen and oxygen atoms in total. The maximum Gasteiger partial charge on any atom is 0.131 e. The van der Waals surface area contributed by atoms with E-state index in [0.29, 0.717) is 16.6 Å². The van der Waals surface area contributed by atoms with E-state index in [4.69, 9.17) is 0 Å². The summed E-state index contributed by atoms with van der Waals surface area (Å²) in [6.07, 6.45) is 0.791. The van der Waals surface area contributed by atoms with Crippen LogP contribution in [-0.4, -0.2) is 6.54 Å². The third kappa shape index (κ3) is 3.66. The predicted molar refractivity (Wildman–Crippen MR) is 80.6 cm³/mol. The Morgan fingerprint density at radius 3 is 2.38 bits per heavy atom. The summed E-state index contributed by atoms with van der Waals surface area (Å²) in [6.45, 7) is 2.50. The van der Waals surface area contributed by atoms with Crippen LogP contribution in [0, 0.1) is 17.5 Å². The average Bonchev–Trinajstić information content (AvgIpc) is 2.45. The van der Waals surface area contributed by atoms with Crippen molar-refractivity contribution in [2.45, 2.75) is 19.4 Å². The van der Waals surface area contributed by atoms with Crippen LogP contribution in [0.4, 0.5) is 13.2 Å². The van der Waals surface area contributed by atoms with E-state index < -0.39 is 23.5 Å². The summed E-state index contributed by atoms with van der Waals surface area (Å²) >= 11 is 3.32. The summed E-state index contributed by atoms with van der Waals surface area (Å²) in [5.41, 5.74) is 0.365. The molecule has 1 atom stereocenters. The standard InChI is InChI=1S/C16H15BrF3N/c1-2-8-21-16(11-9-10(18)6-7-12(11)17)15-13(19)4-3-5-14(15)20/h3-7,9,16,21H,2,8H2,1H3. The molecule has 0 aliphatic carbocycles. The molecule has 0 saturated carbocycles. The minimum atomic E-state index is -0.753. The molecule has 0 aliphatic heterocycles. The summed E-state index contributed by atoms with van der Waals surface area (Å²) in [7, 11) is 0. The molecule has 0 fully saturated rings. The van der Waals surface area contributed by atoms with Crippen LogP contribution in [0.25, 0.3) is 0 Å². The lowest BCUT2D eigenvalue weighted by Crippen LogP contribution is -2.25. The lowest BCUT2D eigenvalue weighted by atomic mass is 9.97. The predicted octanol–water partition coefficient (Wildman–Crippen LogP) is 4.96. The van der Waals surface area contributed by atoms with E-state index >= 15 is 0 Å². The summed E-state index contributed by atoms with van der Waals surface area (Å²) in [6, 6.07) is 7.07. The van der Waals surface area contributed by atoms with Crippen LogP contribution < -0.4 is 5.32 Å². The third-order valence-electron chi connectivity index (χ3n) is 3.16. The molecule has 2 rings (SSSR count). The van der Waals surface area contributed by atoms with Crippen molar-refractivity contribution in [3.63, 3.8) is 0 Å². The van der Waals surface area contributed by atoms with Crippen molar-refractivity contribution in [3.8, 4) is 0 Å². The number of benzene rings is 2. The summed E-state index contributed by atoms with van der Waals surface area (Å²) in [5.74, 6) is -1.76. The molecule has 0 saturated heterocycles. The molecule has 1 N–H and O–H groups in total. The first-order chi connectivity index (χ1) is 10.0. The molecule has 5 heteroatoms. The molecule has 21 heavy (non-hydrogen) atoms. The highest BCUT2D eigenvalue weighted by Crippen LogP contribution is 2.32. The largest absolute Gasteiger partial charge is 0.306 e. The van der Waals surface area contributed by atoms with Crippen LogP contribution in [0.15, 0.2) is 40.9 Å². The van der Waals surface area contributed by atoms with Gasteiger partial charge in [-0.05, 0) is 48.9 Å². The smallest absolute Gasteiger partial charge is 0.131 e. The van der Waals surface area contributed by atoms with Crippen LogP contribution in [0.1, 0.15) is 30.5 Å². The maximum atomic E-state index is 14.1. The van der Waals surface area contributed by atoms with Gasteiger partial charge < -0.3 is 5.32 Å².